The van der Waals surface area contributed by atoms with Crippen LogP contribution in [0.3, 0.4) is 0 Å². The van der Waals surface area contributed by atoms with Gasteiger partial charge in [-0.1, -0.05) is 5.16 Å². The molecule has 7 nitrogen and oxygen atoms in total. The van der Waals surface area contributed by atoms with Crippen molar-refractivity contribution in [3.05, 3.63) is 24.2 Å². The lowest BCUT2D eigenvalue weighted by molar-refractivity contribution is -0.0603. The molecule has 0 radical (unpaired) electrons. The molecule has 25 heavy (non-hydrogen) atoms. The van der Waals surface area contributed by atoms with Crippen LogP contribution in [0.5, 0.6) is 0 Å². The fraction of sp³-hybridized carbons (Fsp3) is 0.611. The zero-order chi connectivity index (χ0) is 16.8. The topological polar surface area (TPSA) is 67.5 Å². The van der Waals surface area contributed by atoms with Crippen LogP contribution in [-0.2, 0) is 4.74 Å². The van der Waals surface area contributed by atoms with Gasteiger partial charge in [-0.15, -0.1) is 0 Å². The molecule has 0 bridgehead atoms. The largest absolute Gasteiger partial charge is 0.378 e. The number of ether oxygens (including phenoxy) is 1. The van der Waals surface area contributed by atoms with E-state index in [0.29, 0.717) is 23.8 Å². The van der Waals surface area contributed by atoms with E-state index in [2.05, 4.69) is 24.9 Å². The zero-order valence-electron chi connectivity index (χ0n) is 14.5. The maximum atomic E-state index is 5.91. The summed E-state index contributed by atoms with van der Waals surface area (Å²) in [7, 11) is 0. The third-order valence-corrected chi connectivity index (χ3v) is 5.56. The first kappa shape index (κ1) is 15.3. The molecule has 132 valence electrons. The number of hydrogen-bond donors (Lipinski definition) is 0. The van der Waals surface area contributed by atoms with Gasteiger partial charge in [0.2, 0.25) is 0 Å². The van der Waals surface area contributed by atoms with Crippen LogP contribution in [0.15, 0.2) is 22.9 Å². The van der Waals surface area contributed by atoms with E-state index in [0.717, 1.165) is 50.1 Å². The fourth-order valence-electron chi connectivity index (χ4n) is 4.11. The van der Waals surface area contributed by atoms with Gasteiger partial charge in [0.15, 0.2) is 5.82 Å². The van der Waals surface area contributed by atoms with E-state index in [-0.39, 0.29) is 0 Å². The average Bonchev–Trinajstić information content (AvgIpc) is 3.41. The molecule has 0 unspecified atom stereocenters. The van der Waals surface area contributed by atoms with Gasteiger partial charge in [0.1, 0.15) is 5.82 Å². The van der Waals surface area contributed by atoms with Crippen molar-refractivity contribution in [1.82, 2.24) is 20.0 Å². The molecule has 1 aliphatic carbocycles. The predicted octanol–water partition coefficient (Wildman–Crippen LogP) is 1.74. The Bertz CT molecular complexity index is 759. The Labute approximate surface area is 147 Å². The number of nitrogens with zero attached hydrogens (tertiary/aromatic N) is 5. The number of piperazine rings is 1. The van der Waals surface area contributed by atoms with Crippen molar-refractivity contribution in [2.24, 2.45) is 5.92 Å². The fourth-order valence-corrected chi connectivity index (χ4v) is 4.11. The molecule has 2 saturated heterocycles. The number of aryl methyl sites for hydroxylation is 1. The van der Waals surface area contributed by atoms with Crippen LogP contribution in [0.25, 0.3) is 11.5 Å². The monoisotopic (exact) mass is 341 g/mol. The average molecular weight is 341 g/mol. The molecule has 0 aromatic carbocycles. The molecule has 2 aromatic heterocycles. The summed E-state index contributed by atoms with van der Waals surface area (Å²) in [5.74, 6) is 3.03. The third-order valence-electron chi connectivity index (χ3n) is 5.56. The molecule has 1 saturated carbocycles. The van der Waals surface area contributed by atoms with Crippen LogP contribution in [0, 0.1) is 12.8 Å². The minimum Gasteiger partial charge on any atom is -0.378 e. The summed E-state index contributed by atoms with van der Waals surface area (Å²) in [6, 6.07) is 5.05. The van der Waals surface area contributed by atoms with Crippen molar-refractivity contribution in [3.63, 3.8) is 0 Å². The molecule has 0 N–H and O–H groups in total. The van der Waals surface area contributed by atoms with Gasteiger partial charge >= 0.3 is 0 Å². The summed E-state index contributed by atoms with van der Waals surface area (Å²) in [6.07, 6.45) is 4.56. The van der Waals surface area contributed by atoms with Crippen LogP contribution in [0.1, 0.15) is 18.7 Å². The number of fused-ring (bicyclic) bond motifs is 1. The molecule has 4 heterocycles. The first-order valence-corrected chi connectivity index (χ1v) is 9.13. The predicted molar refractivity (Wildman–Crippen MR) is 92.3 cm³/mol. The highest BCUT2D eigenvalue weighted by Gasteiger charge is 2.43. The molecule has 0 spiro atoms. The highest BCUT2D eigenvalue weighted by atomic mass is 16.5. The molecule has 3 aliphatic rings. The van der Waals surface area contributed by atoms with Crippen molar-refractivity contribution in [2.75, 3.05) is 37.7 Å². The Kier molecular flexibility index (Phi) is 3.71. The number of pyridine rings is 1. The first-order valence-electron chi connectivity index (χ1n) is 9.13. The number of rotatable bonds is 3. The van der Waals surface area contributed by atoms with Gasteiger partial charge in [-0.25, -0.2) is 4.98 Å². The van der Waals surface area contributed by atoms with Crippen LogP contribution in [-0.4, -0.2) is 65.0 Å². The molecule has 2 atom stereocenters. The smallest absolute Gasteiger partial charge is 0.258 e. The molecule has 2 aromatic rings. The second-order valence-corrected chi connectivity index (χ2v) is 7.33. The minimum absolute atomic E-state index is 0.462. The number of morpholine rings is 1. The Hall–Kier alpha value is -1.99. The standard InChI is InChI=1S/C18H23N5O2/c1-12-20-18(25-21-12)14-4-5-19-17(8-14)22-6-7-23-15(9-22)10-24-11-16(23)13-2-3-13/h4-5,8,13,15-16H,2-3,6-7,9-11H2,1H3/t15-,16-/m1/s1. The SMILES string of the molecule is Cc1noc(-c2ccnc(N3CCN4[C@@H](COC[C@@H]4C4CC4)C3)c2)n1. The van der Waals surface area contributed by atoms with Crippen molar-refractivity contribution in [1.29, 1.82) is 0 Å². The van der Waals surface area contributed by atoms with Gasteiger partial charge in [-0.3, -0.25) is 4.90 Å². The molecular formula is C18H23N5O2. The van der Waals surface area contributed by atoms with Gasteiger partial charge < -0.3 is 14.2 Å². The summed E-state index contributed by atoms with van der Waals surface area (Å²) < 4.78 is 11.2. The van der Waals surface area contributed by atoms with Gasteiger partial charge in [-0.05, 0) is 37.8 Å². The second kappa shape index (κ2) is 6.07. The van der Waals surface area contributed by atoms with Crippen molar-refractivity contribution in [2.45, 2.75) is 31.8 Å². The van der Waals surface area contributed by atoms with Crippen molar-refractivity contribution in [3.8, 4) is 11.5 Å². The second-order valence-electron chi connectivity index (χ2n) is 7.33. The highest BCUT2D eigenvalue weighted by Crippen LogP contribution is 2.38. The van der Waals surface area contributed by atoms with Crippen LogP contribution in [0.4, 0.5) is 5.82 Å². The number of hydrogen-bond acceptors (Lipinski definition) is 7. The van der Waals surface area contributed by atoms with Gasteiger partial charge in [0, 0.05) is 37.4 Å². The van der Waals surface area contributed by atoms with E-state index < -0.39 is 0 Å². The van der Waals surface area contributed by atoms with Crippen LogP contribution in [0.2, 0.25) is 0 Å². The molecular weight excluding hydrogens is 318 g/mol. The maximum Gasteiger partial charge on any atom is 0.258 e. The molecule has 2 aliphatic heterocycles. The van der Waals surface area contributed by atoms with Crippen molar-refractivity contribution >= 4 is 5.82 Å². The van der Waals surface area contributed by atoms with E-state index in [1.165, 1.54) is 12.8 Å². The summed E-state index contributed by atoms with van der Waals surface area (Å²) in [6.45, 7) is 6.60. The molecule has 7 heteroatoms. The minimum atomic E-state index is 0.462. The van der Waals surface area contributed by atoms with E-state index in [4.69, 9.17) is 9.26 Å². The summed E-state index contributed by atoms with van der Waals surface area (Å²) in [5.41, 5.74) is 0.920. The Morgan fingerprint density at radius 2 is 2.12 bits per heavy atom. The lowest BCUT2D eigenvalue weighted by Gasteiger charge is -2.48. The summed E-state index contributed by atoms with van der Waals surface area (Å²) >= 11 is 0. The van der Waals surface area contributed by atoms with E-state index in [1.54, 1.807) is 0 Å². The lowest BCUT2D eigenvalue weighted by atomic mass is 10.0. The Morgan fingerprint density at radius 3 is 2.92 bits per heavy atom. The van der Waals surface area contributed by atoms with E-state index in [1.807, 2.05) is 25.3 Å². The quantitative estimate of drug-likeness (QED) is 0.842. The zero-order valence-corrected chi connectivity index (χ0v) is 14.5. The number of aromatic nitrogens is 3. The first-order chi connectivity index (χ1) is 12.3. The highest BCUT2D eigenvalue weighted by molar-refractivity contribution is 5.58. The normalized spacial score (nSPS) is 27.3. The third kappa shape index (κ3) is 2.91. The molecule has 5 rings (SSSR count). The molecule has 0 amide bonds. The Balaban J connectivity index is 1.34. The Morgan fingerprint density at radius 1 is 1.20 bits per heavy atom. The van der Waals surface area contributed by atoms with Gasteiger partial charge in [0.25, 0.3) is 5.89 Å². The summed E-state index contributed by atoms with van der Waals surface area (Å²) in [4.78, 5) is 13.9. The van der Waals surface area contributed by atoms with Gasteiger partial charge in [-0.2, -0.15) is 4.98 Å². The van der Waals surface area contributed by atoms with E-state index >= 15 is 0 Å². The van der Waals surface area contributed by atoms with Gasteiger partial charge in [0.05, 0.1) is 19.3 Å². The number of anilines is 1. The maximum absolute atomic E-state index is 5.91. The lowest BCUT2D eigenvalue weighted by Crippen LogP contribution is -2.62. The summed E-state index contributed by atoms with van der Waals surface area (Å²) in [5, 5.41) is 3.88. The van der Waals surface area contributed by atoms with Crippen molar-refractivity contribution < 1.29 is 9.26 Å². The van der Waals surface area contributed by atoms with Crippen LogP contribution >= 0.6 is 0 Å². The van der Waals surface area contributed by atoms with E-state index in [9.17, 15) is 0 Å². The van der Waals surface area contributed by atoms with Crippen LogP contribution < -0.4 is 4.90 Å². The molecule has 3 fully saturated rings.